The maximum absolute atomic E-state index is 14.5. The minimum absolute atomic E-state index is 0.00755. The van der Waals surface area contributed by atoms with Crippen LogP contribution >= 0.6 is 0 Å². The normalized spacial score (nSPS) is 37.1. The number of fused-ring (bicyclic) bond motifs is 3. The van der Waals surface area contributed by atoms with E-state index >= 15 is 0 Å². The van der Waals surface area contributed by atoms with Gasteiger partial charge in [-0.3, -0.25) is 19.2 Å². The summed E-state index contributed by atoms with van der Waals surface area (Å²) in [5, 5.41) is 26.2. The molecule has 15 atom stereocenters. The van der Waals surface area contributed by atoms with Crippen LogP contribution in [0.5, 0.6) is 0 Å². The standard InChI is InChI=1S/C56H88N2O15/c1-12-70-55(65)57-25-27-71-45-24-22-41(31-48(45)68-10)30-37(5)47-33-44(59)36(4)29-39(7)50(61)51(69-11)49(60)38(6)28-34(2)18-14-13-15-19-35(3)46(67-9)32-42-23-21-40(8)56(66,73-42)52(62)53(63)58-26-17-16-20-43(58)54(64)72-47/h13-15,18-19,29,34,36-38,40-43,45-48,50-51,61,66H,12,16-17,20-28,30-33H2,1-11H3,(H,57,65)/b15-13+,18-14+,35-19+,39-29+/t34-,36-,37-,38-,40-,41-,42+,43+,45-,46+,47+,48-,50-,51+,56-/m1/s1. The van der Waals surface area contributed by atoms with Crippen LogP contribution in [0.1, 0.15) is 132 Å². The first kappa shape index (κ1) is 61.4. The van der Waals surface area contributed by atoms with Gasteiger partial charge in [0.15, 0.2) is 5.78 Å². The van der Waals surface area contributed by atoms with Crippen molar-refractivity contribution in [3.05, 3.63) is 47.6 Å². The maximum atomic E-state index is 14.5. The molecule has 2 bridgehead atoms. The lowest BCUT2D eigenvalue weighted by atomic mass is 9.78. The molecule has 0 aromatic carbocycles. The number of nitrogens with one attached hydrogen (secondary N) is 1. The third-order valence-electron chi connectivity index (χ3n) is 15.4. The van der Waals surface area contributed by atoms with Crippen molar-refractivity contribution in [3.8, 4) is 0 Å². The van der Waals surface area contributed by atoms with E-state index in [0.717, 1.165) is 12.0 Å². The SMILES string of the molecule is CCOC(=O)NCCO[C@@H]1CC[C@H](C[C@@H](C)[C@@H]2CC(=O)[C@H](C)/C=C(\C)[C@@H](O)[C@@H](OC)C(=O)[C@H](C)C[C@H](C)/C=C/C=C/C=C(\C)[C@@H](OC)C[C@@H]3CC[C@@H](C)[C@@](O)(O3)C(=O)C(=O)N3CCCC[C@H]3C(=O)O2)C[C@H]1OC. The molecule has 0 aromatic rings. The van der Waals surface area contributed by atoms with Crippen LogP contribution in [0, 0.1) is 35.5 Å². The van der Waals surface area contributed by atoms with Gasteiger partial charge in [-0.2, -0.15) is 0 Å². The molecule has 0 unspecified atom stereocenters. The van der Waals surface area contributed by atoms with E-state index in [-0.39, 0.29) is 80.7 Å². The number of alkyl carbamates (subject to hydrolysis) is 1. The number of nitrogens with zero attached hydrogens (tertiary/aromatic N) is 1. The highest BCUT2D eigenvalue weighted by molar-refractivity contribution is 6.39. The summed E-state index contributed by atoms with van der Waals surface area (Å²) in [7, 11) is 4.58. The van der Waals surface area contributed by atoms with Gasteiger partial charge >= 0.3 is 12.1 Å². The van der Waals surface area contributed by atoms with Crippen LogP contribution in [-0.4, -0.2) is 153 Å². The molecule has 0 aromatic heterocycles. The van der Waals surface area contributed by atoms with Gasteiger partial charge in [-0.15, -0.1) is 0 Å². The molecular formula is C56H88N2O15. The molecule has 4 aliphatic rings. The number of esters is 1. The van der Waals surface area contributed by atoms with Crippen LogP contribution in [-0.2, 0) is 57.1 Å². The summed E-state index contributed by atoms with van der Waals surface area (Å²) in [6.07, 6.45) is 11.1. The number of hydrogen-bond donors (Lipinski definition) is 3. The number of rotatable bonds is 11. The Bertz CT molecular complexity index is 1970. The Balaban J connectivity index is 1.66. The van der Waals surface area contributed by atoms with E-state index < -0.39 is 83.9 Å². The first-order chi connectivity index (χ1) is 34.7. The van der Waals surface area contributed by atoms with E-state index in [0.29, 0.717) is 63.4 Å². The lowest BCUT2D eigenvalue weighted by Crippen LogP contribution is -2.61. The quantitative estimate of drug-likeness (QED) is 0.0825. The molecule has 3 aliphatic heterocycles. The molecule has 3 N–H and O–H groups in total. The lowest BCUT2D eigenvalue weighted by molar-refractivity contribution is -0.265. The van der Waals surface area contributed by atoms with E-state index in [1.807, 2.05) is 58.1 Å². The predicted octanol–water partition coefficient (Wildman–Crippen LogP) is 6.95. The third-order valence-corrected chi connectivity index (χ3v) is 15.4. The number of allylic oxidation sites excluding steroid dienone is 6. The van der Waals surface area contributed by atoms with Gasteiger partial charge in [0.25, 0.3) is 11.7 Å². The van der Waals surface area contributed by atoms with Crippen LogP contribution in [0.3, 0.4) is 0 Å². The number of methoxy groups -OCH3 is 3. The number of carbonyl (C=O) groups is 6. The molecule has 3 heterocycles. The van der Waals surface area contributed by atoms with Gasteiger partial charge in [-0.05, 0) is 114 Å². The van der Waals surface area contributed by atoms with Crippen LogP contribution in [0.2, 0.25) is 0 Å². The molecular weight excluding hydrogens is 941 g/mol. The smallest absolute Gasteiger partial charge is 0.407 e. The highest BCUT2D eigenvalue weighted by Crippen LogP contribution is 2.38. The number of Topliss-reactive ketones (excluding diaryl/α,β-unsaturated/α-hetero) is 3. The average molecular weight is 1030 g/mol. The zero-order valence-corrected chi connectivity index (χ0v) is 45.5. The second-order valence-electron chi connectivity index (χ2n) is 21.1. The number of aliphatic hydroxyl groups excluding tert-OH is 1. The van der Waals surface area contributed by atoms with Crippen molar-refractivity contribution >= 4 is 35.3 Å². The van der Waals surface area contributed by atoms with Crippen molar-refractivity contribution in [1.82, 2.24) is 10.2 Å². The van der Waals surface area contributed by atoms with Crippen molar-refractivity contribution in [2.75, 3.05) is 47.6 Å². The summed E-state index contributed by atoms with van der Waals surface area (Å²) >= 11 is 0. The Morgan fingerprint density at radius 3 is 2.32 bits per heavy atom. The molecule has 2 saturated heterocycles. The predicted molar refractivity (Wildman–Crippen MR) is 274 cm³/mol. The Morgan fingerprint density at radius 1 is 0.890 bits per heavy atom. The van der Waals surface area contributed by atoms with E-state index in [2.05, 4.69) is 5.32 Å². The van der Waals surface area contributed by atoms with Crippen molar-refractivity contribution in [2.45, 2.75) is 187 Å². The number of amides is 2. The molecule has 3 fully saturated rings. The fourth-order valence-corrected chi connectivity index (χ4v) is 10.8. The molecule has 412 valence electrons. The first-order valence-electron chi connectivity index (χ1n) is 26.7. The van der Waals surface area contributed by atoms with Crippen molar-refractivity contribution in [1.29, 1.82) is 0 Å². The maximum Gasteiger partial charge on any atom is 0.407 e. The highest BCUT2D eigenvalue weighted by Gasteiger charge is 2.53. The number of carbonyl (C=O) groups excluding carboxylic acids is 6. The van der Waals surface area contributed by atoms with E-state index in [9.17, 15) is 39.0 Å². The monoisotopic (exact) mass is 1030 g/mol. The van der Waals surface area contributed by atoms with Crippen LogP contribution in [0.25, 0.3) is 0 Å². The van der Waals surface area contributed by atoms with Crippen molar-refractivity contribution < 1.29 is 72.1 Å². The first-order valence-corrected chi connectivity index (χ1v) is 26.7. The van der Waals surface area contributed by atoms with Gasteiger partial charge < -0.3 is 53.6 Å². The number of ether oxygens (including phenoxy) is 7. The van der Waals surface area contributed by atoms with Crippen LogP contribution in [0.4, 0.5) is 4.79 Å². The van der Waals surface area contributed by atoms with E-state index in [1.54, 1.807) is 48.0 Å². The van der Waals surface area contributed by atoms with Gasteiger partial charge in [0.1, 0.15) is 30.1 Å². The Kier molecular flexibility index (Phi) is 25.1. The van der Waals surface area contributed by atoms with Gasteiger partial charge in [0.2, 0.25) is 5.79 Å². The van der Waals surface area contributed by atoms with Gasteiger partial charge in [0, 0.05) is 65.0 Å². The minimum atomic E-state index is -2.45. The van der Waals surface area contributed by atoms with Crippen molar-refractivity contribution in [3.63, 3.8) is 0 Å². The zero-order valence-electron chi connectivity index (χ0n) is 45.5. The summed E-state index contributed by atoms with van der Waals surface area (Å²) in [5.74, 6) is -8.13. The van der Waals surface area contributed by atoms with Crippen LogP contribution < -0.4 is 5.32 Å². The molecule has 1 saturated carbocycles. The van der Waals surface area contributed by atoms with Crippen LogP contribution in [0.15, 0.2) is 47.6 Å². The summed E-state index contributed by atoms with van der Waals surface area (Å²) in [5.41, 5.74) is 1.25. The minimum Gasteiger partial charge on any atom is -0.460 e. The highest BCUT2D eigenvalue weighted by atomic mass is 16.6. The molecule has 17 nitrogen and oxygen atoms in total. The second kappa shape index (κ2) is 29.8. The van der Waals surface area contributed by atoms with Gasteiger partial charge in [-0.1, -0.05) is 71.1 Å². The molecule has 0 radical (unpaired) electrons. The second-order valence-corrected chi connectivity index (χ2v) is 21.1. The summed E-state index contributed by atoms with van der Waals surface area (Å²) < 4.78 is 40.9. The van der Waals surface area contributed by atoms with Gasteiger partial charge in [-0.25, -0.2) is 9.59 Å². The number of hydrogen-bond acceptors (Lipinski definition) is 15. The van der Waals surface area contributed by atoms with Gasteiger partial charge in [0.05, 0.1) is 37.6 Å². The molecule has 73 heavy (non-hydrogen) atoms. The Labute approximate surface area is 434 Å². The summed E-state index contributed by atoms with van der Waals surface area (Å²) in [4.78, 5) is 84.2. The molecule has 1 aliphatic carbocycles. The van der Waals surface area contributed by atoms with Crippen molar-refractivity contribution in [2.24, 2.45) is 35.5 Å². The topological polar surface area (TPSA) is 223 Å². The molecule has 4 rings (SSSR count). The lowest BCUT2D eigenvalue weighted by Gasteiger charge is -2.42. The Morgan fingerprint density at radius 2 is 1.63 bits per heavy atom. The number of cyclic esters (lactones) is 1. The number of ketones is 3. The Hall–Kier alpha value is -4.10. The molecule has 17 heteroatoms. The molecule has 0 spiro atoms. The largest absolute Gasteiger partial charge is 0.460 e. The number of piperidine rings is 1. The summed E-state index contributed by atoms with van der Waals surface area (Å²) in [6.45, 7) is 15.3. The fourth-order valence-electron chi connectivity index (χ4n) is 10.8. The fraction of sp³-hybridized carbons (Fsp3) is 0.750. The van der Waals surface area contributed by atoms with E-state index in [4.69, 9.17) is 33.2 Å². The van der Waals surface area contributed by atoms with E-state index in [1.165, 1.54) is 12.0 Å². The molecule has 2 amide bonds. The summed E-state index contributed by atoms with van der Waals surface area (Å²) in [6, 6.07) is -1.16. The average Bonchev–Trinajstić information content (AvgIpc) is 3.36. The number of aliphatic hydroxyl groups is 2. The third kappa shape index (κ3) is 17.5. The zero-order chi connectivity index (χ0) is 54.0.